The smallest absolute Gasteiger partial charge is 0.148 e. The molecule has 0 amide bonds. The van der Waals surface area contributed by atoms with Crippen molar-refractivity contribution in [2.45, 2.75) is 33.7 Å². The molecule has 2 rings (SSSR count). The first-order chi connectivity index (χ1) is 8.77. The van der Waals surface area contributed by atoms with Crippen LogP contribution >= 0.6 is 0 Å². The fourth-order valence-electron chi connectivity index (χ4n) is 3.05. The fraction of sp³-hybridized carbons (Fsp3) is 0.562. The summed E-state index contributed by atoms with van der Waals surface area (Å²) < 4.78 is 0. The summed E-state index contributed by atoms with van der Waals surface area (Å²) in [5.41, 5.74) is 0.257. The Balaban J connectivity index is 2.42. The highest BCUT2D eigenvalue weighted by Crippen LogP contribution is 2.47. The van der Waals surface area contributed by atoms with Crippen molar-refractivity contribution in [2.75, 3.05) is 13.7 Å². The normalized spacial score (nSPS) is 28.6. The third kappa shape index (κ3) is 2.45. The molecule has 3 nitrogen and oxygen atoms in total. The number of nitrogens with zero attached hydrogens (tertiary/aromatic N) is 1. The monoisotopic (exact) mass is 261 g/mol. The van der Waals surface area contributed by atoms with Gasteiger partial charge in [0.2, 0.25) is 0 Å². The minimum atomic E-state index is -0.506. The molecule has 0 spiro atoms. The summed E-state index contributed by atoms with van der Waals surface area (Å²) in [6.45, 7) is 8.38. The standard InChI is InChI=1S/C16H23NO2/c1-15(2,3)14(18)16(4)11-19-17(5)13(16)12-9-7-6-8-10-12/h6-10,13H,11H2,1-5H3/t13-,16-/m0/s1. The second-order valence-electron chi connectivity index (χ2n) is 6.63. The summed E-state index contributed by atoms with van der Waals surface area (Å²) in [6, 6.07) is 10.1. The summed E-state index contributed by atoms with van der Waals surface area (Å²) in [5, 5.41) is 1.82. The van der Waals surface area contributed by atoms with Gasteiger partial charge in [-0.1, -0.05) is 51.1 Å². The molecule has 0 N–H and O–H groups in total. The van der Waals surface area contributed by atoms with Crippen LogP contribution < -0.4 is 0 Å². The number of hydrogen-bond acceptors (Lipinski definition) is 3. The van der Waals surface area contributed by atoms with Gasteiger partial charge in [-0.2, -0.15) is 5.06 Å². The van der Waals surface area contributed by atoms with Crippen LogP contribution in [0.3, 0.4) is 0 Å². The first-order valence-electron chi connectivity index (χ1n) is 6.72. The lowest BCUT2D eigenvalue weighted by Gasteiger charge is -2.35. The Morgan fingerprint density at radius 2 is 1.89 bits per heavy atom. The Morgan fingerprint density at radius 1 is 1.32 bits per heavy atom. The third-order valence-electron chi connectivity index (χ3n) is 3.85. The molecule has 0 aliphatic carbocycles. The third-order valence-corrected chi connectivity index (χ3v) is 3.85. The van der Waals surface area contributed by atoms with E-state index < -0.39 is 5.41 Å². The van der Waals surface area contributed by atoms with E-state index >= 15 is 0 Å². The molecule has 2 atom stereocenters. The molecule has 0 saturated carbocycles. The second kappa shape index (κ2) is 4.73. The summed E-state index contributed by atoms with van der Waals surface area (Å²) in [7, 11) is 1.90. The quantitative estimate of drug-likeness (QED) is 0.818. The topological polar surface area (TPSA) is 29.5 Å². The predicted molar refractivity (Wildman–Crippen MR) is 75.5 cm³/mol. The highest BCUT2D eigenvalue weighted by Gasteiger charge is 2.52. The molecule has 1 heterocycles. The van der Waals surface area contributed by atoms with Crippen molar-refractivity contribution in [3.63, 3.8) is 0 Å². The Labute approximate surface area is 115 Å². The zero-order valence-electron chi connectivity index (χ0n) is 12.4. The number of rotatable bonds is 2. The number of benzene rings is 1. The van der Waals surface area contributed by atoms with Gasteiger partial charge in [-0.15, -0.1) is 0 Å². The highest BCUT2D eigenvalue weighted by molar-refractivity contribution is 5.90. The molecule has 3 heteroatoms. The molecule has 1 fully saturated rings. The average Bonchev–Trinajstić information content (AvgIpc) is 2.65. The van der Waals surface area contributed by atoms with Gasteiger partial charge in [0, 0.05) is 12.5 Å². The fourth-order valence-corrected chi connectivity index (χ4v) is 3.05. The summed E-state index contributed by atoms with van der Waals surface area (Å²) in [4.78, 5) is 18.5. The van der Waals surface area contributed by atoms with E-state index in [1.165, 1.54) is 0 Å². The van der Waals surface area contributed by atoms with Crippen LogP contribution in [0.2, 0.25) is 0 Å². The van der Waals surface area contributed by atoms with Crippen LogP contribution in [0.4, 0.5) is 0 Å². The van der Waals surface area contributed by atoms with E-state index in [0.717, 1.165) is 5.56 Å². The first-order valence-corrected chi connectivity index (χ1v) is 6.72. The minimum Gasteiger partial charge on any atom is -0.298 e. The van der Waals surface area contributed by atoms with E-state index in [-0.39, 0.29) is 17.2 Å². The van der Waals surface area contributed by atoms with Crippen LogP contribution in [-0.4, -0.2) is 24.5 Å². The highest BCUT2D eigenvalue weighted by atomic mass is 16.7. The molecule has 1 aliphatic rings. The van der Waals surface area contributed by atoms with Crippen molar-refractivity contribution in [1.82, 2.24) is 5.06 Å². The Hall–Kier alpha value is -1.19. The maximum atomic E-state index is 12.8. The molecular formula is C16H23NO2. The minimum absolute atomic E-state index is 0.0274. The molecule has 1 aliphatic heterocycles. The number of carbonyl (C=O) groups excluding carboxylic acids is 1. The summed E-state index contributed by atoms with van der Waals surface area (Å²) in [6.07, 6.45) is 0. The predicted octanol–water partition coefficient (Wildman–Crippen LogP) is 3.23. The van der Waals surface area contributed by atoms with Gasteiger partial charge in [-0.05, 0) is 12.5 Å². The van der Waals surface area contributed by atoms with Gasteiger partial charge >= 0.3 is 0 Å². The Morgan fingerprint density at radius 3 is 2.42 bits per heavy atom. The zero-order chi connectivity index (χ0) is 14.3. The first kappa shape index (κ1) is 14.2. The SMILES string of the molecule is CN1OC[C@](C)(C(=O)C(C)(C)C)[C@@H]1c1ccccc1. The van der Waals surface area contributed by atoms with Crippen LogP contribution in [-0.2, 0) is 9.63 Å². The van der Waals surface area contributed by atoms with Crippen LogP contribution in [0, 0.1) is 10.8 Å². The number of hydrogen-bond donors (Lipinski definition) is 0. The van der Waals surface area contributed by atoms with Gasteiger partial charge in [0.1, 0.15) is 5.78 Å². The molecule has 1 aromatic carbocycles. The van der Waals surface area contributed by atoms with Crippen LogP contribution in [0.1, 0.15) is 39.3 Å². The lowest BCUT2D eigenvalue weighted by molar-refractivity contribution is -0.136. The van der Waals surface area contributed by atoms with E-state index in [2.05, 4.69) is 12.1 Å². The number of hydroxylamine groups is 2. The van der Waals surface area contributed by atoms with Crippen molar-refractivity contribution in [1.29, 1.82) is 0 Å². The molecule has 19 heavy (non-hydrogen) atoms. The van der Waals surface area contributed by atoms with E-state index in [1.807, 2.05) is 58.0 Å². The molecule has 104 valence electrons. The van der Waals surface area contributed by atoms with Gasteiger partial charge in [-0.25, -0.2) is 0 Å². The van der Waals surface area contributed by atoms with E-state index in [9.17, 15) is 4.79 Å². The molecule has 0 unspecified atom stereocenters. The largest absolute Gasteiger partial charge is 0.298 e. The van der Waals surface area contributed by atoms with Crippen LogP contribution in [0.5, 0.6) is 0 Å². The molecule has 1 aromatic rings. The maximum Gasteiger partial charge on any atom is 0.148 e. The van der Waals surface area contributed by atoms with Crippen LogP contribution in [0.15, 0.2) is 30.3 Å². The lowest BCUT2D eigenvalue weighted by Crippen LogP contribution is -2.42. The Bertz CT molecular complexity index is 463. The van der Waals surface area contributed by atoms with Crippen molar-refractivity contribution in [3.8, 4) is 0 Å². The molecule has 1 saturated heterocycles. The van der Waals surface area contributed by atoms with Gasteiger partial charge in [0.05, 0.1) is 18.1 Å². The molecular weight excluding hydrogens is 238 g/mol. The number of ketones is 1. The molecule has 0 aromatic heterocycles. The average molecular weight is 261 g/mol. The zero-order valence-corrected chi connectivity index (χ0v) is 12.4. The van der Waals surface area contributed by atoms with Crippen molar-refractivity contribution >= 4 is 5.78 Å². The maximum absolute atomic E-state index is 12.8. The van der Waals surface area contributed by atoms with E-state index in [1.54, 1.807) is 0 Å². The van der Waals surface area contributed by atoms with Crippen molar-refractivity contribution in [2.24, 2.45) is 10.8 Å². The van der Waals surface area contributed by atoms with Crippen LogP contribution in [0.25, 0.3) is 0 Å². The number of Topliss-reactive ketones (excluding diaryl/α,β-unsaturated/α-hetero) is 1. The second-order valence-corrected chi connectivity index (χ2v) is 6.63. The molecule has 0 bridgehead atoms. The number of carbonyl (C=O) groups is 1. The molecule has 0 radical (unpaired) electrons. The van der Waals surface area contributed by atoms with Gasteiger partial charge in [0.25, 0.3) is 0 Å². The summed E-state index contributed by atoms with van der Waals surface area (Å²) in [5.74, 6) is 0.248. The van der Waals surface area contributed by atoms with E-state index in [4.69, 9.17) is 4.84 Å². The van der Waals surface area contributed by atoms with Gasteiger partial charge in [0.15, 0.2) is 0 Å². The summed E-state index contributed by atoms with van der Waals surface area (Å²) >= 11 is 0. The van der Waals surface area contributed by atoms with Gasteiger partial charge < -0.3 is 0 Å². The Kier molecular flexibility index (Phi) is 3.54. The van der Waals surface area contributed by atoms with Crippen molar-refractivity contribution in [3.05, 3.63) is 35.9 Å². The lowest BCUT2D eigenvalue weighted by atomic mass is 9.68. The van der Waals surface area contributed by atoms with Gasteiger partial charge in [-0.3, -0.25) is 9.63 Å². The van der Waals surface area contributed by atoms with E-state index in [0.29, 0.717) is 6.61 Å². The van der Waals surface area contributed by atoms with Crippen molar-refractivity contribution < 1.29 is 9.63 Å².